The molecule has 0 saturated heterocycles. The molecule has 0 saturated carbocycles. The third kappa shape index (κ3) is 3.14. The van der Waals surface area contributed by atoms with E-state index in [1.807, 2.05) is 18.2 Å². The Morgan fingerprint density at radius 2 is 2.00 bits per heavy atom. The van der Waals surface area contributed by atoms with Crippen molar-refractivity contribution in [3.63, 3.8) is 0 Å². The summed E-state index contributed by atoms with van der Waals surface area (Å²) in [5, 5.41) is 4.50. The molecule has 21 heavy (non-hydrogen) atoms. The number of aryl methyl sites for hydroxylation is 1. The highest BCUT2D eigenvalue weighted by atomic mass is 35.5. The second kappa shape index (κ2) is 6.20. The molecular formula is C16H17Cl2N3. The van der Waals surface area contributed by atoms with E-state index in [9.17, 15) is 0 Å². The predicted molar refractivity (Wildman–Crippen MR) is 87.5 cm³/mol. The molecule has 5 heteroatoms. The molecule has 0 atom stereocenters. The van der Waals surface area contributed by atoms with Crippen molar-refractivity contribution in [2.24, 2.45) is 0 Å². The summed E-state index contributed by atoms with van der Waals surface area (Å²) < 4.78 is 0. The molecule has 1 aromatic heterocycles. The first-order valence-corrected chi connectivity index (χ1v) is 7.99. The first-order chi connectivity index (χ1) is 10.2. The summed E-state index contributed by atoms with van der Waals surface area (Å²) >= 11 is 12.0. The molecular weight excluding hydrogens is 305 g/mol. The van der Waals surface area contributed by atoms with Gasteiger partial charge < -0.3 is 5.32 Å². The lowest BCUT2D eigenvalue weighted by molar-refractivity contribution is 0.885. The highest BCUT2D eigenvalue weighted by molar-refractivity contribution is 6.42. The van der Waals surface area contributed by atoms with Crippen LogP contribution in [0, 0.1) is 0 Å². The van der Waals surface area contributed by atoms with Crippen LogP contribution < -0.4 is 5.32 Å². The van der Waals surface area contributed by atoms with Gasteiger partial charge in [0.15, 0.2) is 0 Å². The molecule has 0 unspecified atom stereocenters. The second-order valence-electron chi connectivity index (χ2n) is 5.22. The van der Waals surface area contributed by atoms with Crippen LogP contribution in [0.4, 0.5) is 5.82 Å². The number of anilines is 1. The van der Waals surface area contributed by atoms with Crippen molar-refractivity contribution >= 4 is 29.0 Å². The van der Waals surface area contributed by atoms with Gasteiger partial charge in [-0.2, -0.15) is 0 Å². The van der Waals surface area contributed by atoms with Gasteiger partial charge in [0.1, 0.15) is 11.6 Å². The normalized spacial score (nSPS) is 13.3. The summed E-state index contributed by atoms with van der Waals surface area (Å²) in [4.78, 5) is 9.40. The molecule has 1 heterocycles. The average Bonchev–Trinajstić information content (AvgIpc) is 2.92. The Morgan fingerprint density at radius 1 is 1.14 bits per heavy atom. The molecule has 0 bridgehead atoms. The molecule has 0 fully saturated rings. The van der Waals surface area contributed by atoms with Crippen molar-refractivity contribution in [3.05, 3.63) is 50.9 Å². The summed E-state index contributed by atoms with van der Waals surface area (Å²) in [5.41, 5.74) is 3.55. The van der Waals surface area contributed by atoms with Gasteiger partial charge >= 0.3 is 0 Å². The number of rotatable bonds is 4. The van der Waals surface area contributed by atoms with E-state index >= 15 is 0 Å². The van der Waals surface area contributed by atoms with Gasteiger partial charge in [-0.25, -0.2) is 9.97 Å². The maximum Gasteiger partial charge on any atom is 0.135 e. The van der Waals surface area contributed by atoms with E-state index in [1.165, 1.54) is 17.7 Å². The highest BCUT2D eigenvalue weighted by Crippen LogP contribution is 2.28. The largest absolute Gasteiger partial charge is 0.370 e. The van der Waals surface area contributed by atoms with E-state index in [0.717, 1.165) is 36.6 Å². The topological polar surface area (TPSA) is 37.8 Å². The zero-order chi connectivity index (χ0) is 14.8. The number of nitrogens with zero attached hydrogens (tertiary/aromatic N) is 2. The van der Waals surface area contributed by atoms with Gasteiger partial charge in [0.25, 0.3) is 0 Å². The van der Waals surface area contributed by atoms with Crippen molar-refractivity contribution in [1.29, 1.82) is 0 Å². The Morgan fingerprint density at radius 3 is 2.76 bits per heavy atom. The van der Waals surface area contributed by atoms with E-state index in [2.05, 4.69) is 17.2 Å². The van der Waals surface area contributed by atoms with Crippen LogP contribution in [0.2, 0.25) is 10.0 Å². The van der Waals surface area contributed by atoms with Crippen LogP contribution in [0.1, 0.15) is 36.0 Å². The van der Waals surface area contributed by atoms with Crippen molar-refractivity contribution < 1.29 is 0 Å². The summed E-state index contributed by atoms with van der Waals surface area (Å²) in [6.45, 7) is 2.96. The first-order valence-electron chi connectivity index (χ1n) is 7.24. The van der Waals surface area contributed by atoms with Gasteiger partial charge in [0, 0.05) is 24.2 Å². The third-order valence-electron chi connectivity index (χ3n) is 3.67. The maximum atomic E-state index is 6.07. The molecule has 3 rings (SSSR count). The van der Waals surface area contributed by atoms with Crippen LogP contribution in [0.25, 0.3) is 0 Å². The molecule has 1 aliphatic rings. The van der Waals surface area contributed by atoms with Crippen molar-refractivity contribution in [3.8, 4) is 0 Å². The second-order valence-corrected chi connectivity index (χ2v) is 6.04. The highest BCUT2D eigenvalue weighted by Gasteiger charge is 2.19. The van der Waals surface area contributed by atoms with Crippen LogP contribution >= 0.6 is 23.2 Å². The molecule has 1 aliphatic carbocycles. The molecule has 0 aliphatic heterocycles. The minimum absolute atomic E-state index is 0.572. The fraction of sp³-hybridized carbons (Fsp3) is 0.375. The van der Waals surface area contributed by atoms with Crippen LogP contribution in [-0.4, -0.2) is 16.5 Å². The molecule has 110 valence electrons. The Balaban J connectivity index is 1.91. The Hall–Kier alpha value is -1.32. The lowest BCUT2D eigenvalue weighted by atomic mass is 10.1. The molecule has 3 nitrogen and oxygen atoms in total. The fourth-order valence-electron chi connectivity index (χ4n) is 2.71. The first kappa shape index (κ1) is 14.6. The Kier molecular flexibility index (Phi) is 4.32. The number of fused-ring (bicyclic) bond motifs is 1. The van der Waals surface area contributed by atoms with Gasteiger partial charge in [-0.05, 0) is 43.9 Å². The number of nitrogens with one attached hydrogen (secondary N) is 1. The SMILES string of the molecule is CCNc1nc(Cc2ccc(Cl)c(Cl)c2)nc2c1CCC2. The quantitative estimate of drug-likeness (QED) is 0.912. The van der Waals surface area contributed by atoms with Crippen molar-refractivity contribution in [2.75, 3.05) is 11.9 Å². The number of hydrogen-bond acceptors (Lipinski definition) is 3. The molecule has 0 spiro atoms. The number of benzene rings is 1. The minimum atomic E-state index is 0.572. The fourth-order valence-corrected chi connectivity index (χ4v) is 3.03. The van der Waals surface area contributed by atoms with E-state index in [0.29, 0.717) is 16.5 Å². The van der Waals surface area contributed by atoms with Gasteiger partial charge in [-0.3, -0.25) is 0 Å². The van der Waals surface area contributed by atoms with Crippen LogP contribution in [0.3, 0.4) is 0 Å². The summed E-state index contributed by atoms with van der Waals surface area (Å²) in [6, 6.07) is 5.67. The van der Waals surface area contributed by atoms with Crippen molar-refractivity contribution in [1.82, 2.24) is 9.97 Å². The zero-order valence-electron chi connectivity index (χ0n) is 11.9. The molecule has 1 aromatic carbocycles. The van der Waals surface area contributed by atoms with Gasteiger partial charge in [0.2, 0.25) is 0 Å². The van der Waals surface area contributed by atoms with E-state index in [1.54, 1.807) is 0 Å². The van der Waals surface area contributed by atoms with Gasteiger partial charge in [-0.15, -0.1) is 0 Å². The minimum Gasteiger partial charge on any atom is -0.370 e. The monoisotopic (exact) mass is 321 g/mol. The Labute approximate surface area is 134 Å². The van der Waals surface area contributed by atoms with Crippen LogP contribution in [0.5, 0.6) is 0 Å². The lowest BCUT2D eigenvalue weighted by Crippen LogP contribution is -2.09. The smallest absolute Gasteiger partial charge is 0.135 e. The molecule has 0 radical (unpaired) electrons. The summed E-state index contributed by atoms with van der Waals surface area (Å²) in [6.07, 6.45) is 3.95. The standard InChI is InChI=1S/C16H17Cl2N3/c1-2-19-16-11-4-3-5-14(11)20-15(21-16)9-10-6-7-12(17)13(18)8-10/h6-8H,2-5,9H2,1H3,(H,19,20,21). The molecule has 2 aromatic rings. The van der Waals surface area contributed by atoms with E-state index in [-0.39, 0.29) is 0 Å². The van der Waals surface area contributed by atoms with E-state index in [4.69, 9.17) is 28.2 Å². The van der Waals surface area contributed by atoms with Gasteiger partial charge in [-0.1, -0.05) is 29.3 Å². The summed E-state index contributed by atoms with van der Waals surface area (Å²) in [5.74, 6) is 1.83. The Bertz CT molecular complexity index is 671. The van der Waals surface area contributed by atoms with Crippen molar-refractivity contribution in [2.45, 2.75) is 32.6 Å². The van der Waals surface area contributed by atoms with Gasteiger partial charge in [0.05, 0.1) is 10.0 Å². The van der Waals surface area contributed by atoms with Crippen LogP contribution in [-0.2, 0) is 19.3 Å². The van der Waals surface area contributed by atoms with E-state index < -0.39 is 0 Å². The number of aromatic nitrogens is 2. The number of halogens is 2. The lowest BCUT2D eigenvalue weighted by Gasteiger charge is -2.11. The molecule has 1 N–H and O–H groups in total. The predicted octanol–water partition coefficient (Wildman–Crippen LogP) is 4.29. The average molecular weight is 322 g/mol. The number of hydrogen-bond donors (Lipinski definition) is 1. The maximum absolute atomic E-state index is 6.07. The third-order valence-corrected chi connectivity index (χ3v) is 4.41. The molecule has 0 amide bonds. The zero-order valence-corrected chi connectivity index (χ0v) is 13.4. The van der Waals surface area contributed by atoms with Crippen LogP contribution in [0.15, 0.2) is 18.2 Å². The summed E-state index contributed by atoms with van der Waals surface area (Å²) in [7, 11) is 0.